The molecule has 0 aliphatic carbocycles. The number of amides is 2. The predicted molar refractivity (Wildman–Crippen MR) is 106 cm³/mol. The molecule has 0 saturated heterocycles. The molecule has 0 fully saturated rings. The van der Waals surface area contributed by atoms with Gasteiger partial charge in [-0.1, -0.05) is 36.4 Å². The van der Waals surface area contributed by atoms with E-state index in [1.165, 1.54) is 6.08 Å². The summed E-state index contributed by atoms with van der Waals surface area (Å²) < 4.78 is 1.08. The molecule has 2 aromatic rings. The van der Waals surface area contributed by atoms with Gasteiger partial charge in [-0.15, -0.1) is 0 Å². The lowest BCUT2D eigenvalue weighted by atomic mass is 10.2. The molecule has 5 heteroatoms. The maximum atomic E-state index is 12.2. The van der Waals surface area contributed by atoms with E-state index in [9.17, 15) is 9.59 Å². The fourth-order valence-corrected chi connectivity index (χ4v) is 2.50. The number of nitrogens with one attached hydrogen (secondary N) is 2. The second-order valence-electron chi connectivity index (χ2n) is 5.43. The third-order valence-corrected chi connectivity index (χ3v) is 4.58. The maximum absolute atomic E-state index is 12.2. The number of hydrogen-bond donors (Lipinski definition) is 2. The predicted octanol–water partition coefficient (Wildman–Crippen LogP) is 3.76. The van der Waals surface area contributed by atoms with Gasteiger partial charge in [-0.25, -0.2) is 0 Å². The van der Waals surface area contributed by atoms with E-state index < -0.39 is 6.04 Å². The third-order valence-electron chi connectivity index (χ3n) is 3.42. The van der Waals surface area contributed by atoms with Gasteiger partial charge >= 0.3 is 0 Å². The normalized spacial score (nSPS) is 12.0. The summed E-state index contributed by atoms with van der Waals surface area (Å²) in [6, 6.07) is 14.6. The Kier molecular flexibility index (Phi) is 6.54. The van der Waals surface area contributed by atoms with E-state index in [4.69, 9.17) is 0 Å². The van der Waals surface area contributed by atoms with E-state index in [2.05, 4.69) is 33.2 Å². The molecule has 2 aromatic carbocycles. The zero-order valence-corrected chi connectivity index (χ0v) is 15.7. The molecule has 0 heterocycles. The number of aryl methyl sites for hydroxylation is 1. The maximum Gasteiger partial charge on any atom is 0.246 e. The van der Waals surface area contributed by atoms with Gasteiger partial charge in [-0.2, -0.15) is 0 Å². The SMILES string of the molecule is Cc1ccc(NC(=O)C(C)NC(=O)/C=C/c2ccccc2)cc1I. The highest BCUT2D eigenvalue weighted by molar-refractivity contribution is 14.1. The summed E-state index contributed by atoms with van der Waals surface area (Å²) in [5, 5.41) is 5.46. The Morgan fingerprint density at radius 3 is 2.50 bits per heavy atom. The molecule has 124 valence electrons. The van der Waals surface area contributed by atoms with Gasteiger partial charge in [0.25, 0.3) is 0 Å². The molecule has 2 rings (SSSR count). The average Bonchev–Trinajstić information content (AvgIpc) is 2.57. The number of anilines is 1. The minimum absolute atomic E-state index is 0.254. The van der Waals surface area contributed by atoms with Crippen LogP contribution in [0, 0.1) is 10.5 Å². The molecule has 0 radical (unpaired) electrons. The van der Waals surface area contributed by atoms with Crippen LogP contribution in [0.5, 0.6) is 0 Å². The Morgan fingerprint density at radius 2 is 1.83 bits per heavy atom. The van der Waals surface area contributed by atoms with E-state index >= 15 is 0 Å². The van der Waals surface area contributed by atoms with Crippen molar-refractivity contribution in [2.45, 2.75) is 19.9 Å². The Hall–Kier alpha value is -2.15. The molecule has 1 unspecified atom stereocenters. The van der Waals surface area contributed by atoms with E-state index in [1.807, 2.05) is 55.5 Å². The lowest BCUT2D eigenvalue weighted by Gasteiger charge is -2.13. The minimum atomic E-state index is -0.628. The van der Waals surface area contributed by atoms with Gasteiger partial charge in [0.05, 0.1) is 0 Å². The minimum Gasteiger partial charge on any atom is -0.341 e. The van der Waals surface area contributed by atoms with Crippen LogP contribution in [0.4, 0.5) is 5.69 Å². The van der Waals surface area contributed by atoms with E-state index in [-0.39, 0.29) is 11.8 Å². The smallest absolute Gasteiger partial charge is 0.246 e. The summed E-state index contributed by atoms with van der Waals surface area (Å²) in [5.41, 5.74) is 2.80. The van der Waals surface area contributed by atoms with Gasteiger partial charge < -0.3 is 10.6 Å². The molecule has 2 N–H and O–H groups in total. The molecule has 0 aliphatic rings. The summed E-state index contributed by atoms with van der Waals surface area (Å²) in [4.78, 5) is 24.1. The van der Waals surface area contributed by atoms with Crippen LogP contribution in [0.25, 0.3) is 6.08 Å². The zero-order chi connectivity index (χ0) is 17.5. The first-order chi connectivity index (χ1) is 11.5. The van der Waals surface area contributed by atoms with Gasteiger partial charge in [0.1, 0.15) is 6.04 Å². The Balaban J connectivity index is 1.89. The lowest BCUT2D eigenvalue weighted by molar-refractivity contribution is -0.123. The number of carbonyl (C=O) groups is 2. The third kappa shape index (κ3) is 5.49. The number of rotatable bonds is 5. The second-order valence-corrected chi connectivity index (χ2v) is 6.59. The summed E-state index contributed by atoms with van der Waals surface area (Å²) in [7, 11) is 0. The van der Waals surface area contributed by atoms with Gasteiger partial charge in [-0.05, 0) is 65.8 Å². The zero-order valence-electron chi connectivity index (χ0n) is 13.5. The van der Waals surface area contributed by atoms with Crippen molar-refractivity contribution in [3.63, 3.8) is 0 Å². The first kappa shape index (κ1) is 18.2. The van der Waals surface area contributed by atoms with Crippen molar-refractivity contribution < 1.29 is 9.59 Å². The number of benzene rings is 2. The van der Waals surface area contributed by atoms with Crippen molar-refractivity contribution in [3.8, 4) is 0 Å². The summed E-state index contributed by atoms with van der Waals surface area (Å²) in [5.74, 6) is -0.559. The fourth-order valence-electron chi connectivity index (χ4n) is 1.98. The highest BCUT2D eigenvalue weighted by Crippen LogP contribution is 2.17. The molecule has 0 saturated carbocycles. The average molecular weight is 434 g/mol. The van der Waals surface area contributed by atoms with Crippen LogP contribution >= 0.6 is 22.6 Å². The number of carbonyl (C=O) groups excluding carboxylic acids is 2. The van der Waals surface area contributed by atoms with Gasteiger partial charge in [0.15, 0.2) is 0 Å². The quantitative estimate of drug-likeness (QED) is 0.557. The van der Waals surface area contributed by atoms with E-state index in [0.717, 1.165) is 20.4 Å². The van der Waals surface area contributed by atoms with E-state index in [0.29, 0.717) is 0 Å². The highest BCUT2D eigenvalue weighted by Gasteiger charge is 2.14. The van der Waals surface area contributed by atoms with Crippen LogP contribution in [-0.4, -0.2) is 17.9 Å². The first-order valence-electron chi connectivity index (χ1n) is 7.56. The molecule has 0 aromatic heterocycles. The number of halogens is 1. The largest absolute Gasteiger partial charge is 0.341 e. The molecule has 0 spiro atoms. The molecule has 24 heavy (non-hydrogen) atoms. The van der Waals surface area contributed by atoms with Gasteiger partial charge in [0.2, 0.25) is 11.8 Å². The molecule has 2 amide bonds. The monoisotopic (exact) mass is 434 g/mol. The fraction of sp³-hybridized carbons (Fsp3) is 0.158. The van der Waals surface area contributed by atoms with Crippen molar-refractivity contribution in [2.24, 2.45) is 0 Å². The molecule has 0 aliphatic heterocycles. The van der Waals surface area contributed by atoms with Crippen LogP contribution in [0.2, 0.25) is 0 Å². The summed E-state index contributed by atoms with van der Waals surface area (Å²) >= 11 is 2.22. The van der Waals surface area contributed by atoms with Crippen LogP contribution in [0.15, 0.2) is 54.6 Å². The molecular weight excluding hydrogens is 415 g/mol. The summed E-state index contributed by atoms with van der Waals surface area (Å²) in [6.07, 6.45) is 3.14. The van der Waals surface area contributed by atoms with Crippen molar-refractivity contribution >= 4 is 46.2 Å². The van der Waals surface area contributed by atoms with Crippen LogP contribution in [0.1, 0.15) is 18.1 Å². The Morgan fingerprint density at radius 1 is 1.12 bits per heavy atom. The Labute approximate surface area is 155 Å². The van der Waals surface area contributed by atoms with Crippen molar-refractivity contribution in [2.75, 3.05) is 5.32 Å². The lowest BCUT2D eigenvalue weighted by Crippen LogP contribution is -2.40. The Bertz CT molecular complexity index is 757. The van der Waals surface area contributed by atoms with Crippen molar-refractivity contribution in [3.05, 3.63) is 69.3 Å². The van der Waals surface area contributed by atoms with Crippen LogP contribution in [0.3, 0.4) is 0 Å². The second kappa shape index (κ2) is 8.63. The topological polar surface area (TPSA) is 58.2 Å². The highest BCUT2D eigenvalue weighted by atomic mass is 127. The van der Waals surface area contributed by atoms with Gasteiger partial charge in [-0.3, -0.25) is 9.59 Å². The molecule has 1 atom stereocenters. The van der Waals surface area contributed by atoms with E-state index in [1.54, 1.807) is 13.0 Å². The number of hydrogen-bond acceptors (Lipinski definition) is 2. The summed E-state index contributed by atoms with van der Waals surface area (Å²) in [6.45, 7) is 3.66. The van der Waals surface area contributed by atoms with Gasteiger partial charge in [0, 0.05) is 15.3 Å². The van der Waals surface area contributed by atoms with Crippen LogP contribution in [-0.2, 0) is 9.59 Å². The van der Waals surface area contributed by atoms with Crippen molar-refractivity contribution in [1.82, 2.24) is 5.32 Å². The van der Waals surface area contributed by atoms with Crippen LogP contribution < -0.4 is 10.6 Å². The molecule has 0 bridgehead atoms. The standard InChI is InChI=1S/C19H19IN2O2/c1-13-8-10-16(12-17(13)20)22-19(24)14(2)21-18(23)11-9-15-6-4-3-5-7-15/h3-12,14H,1-2H3,(H,21,23)(H,22,24)/b11-9+. The molecular formula is C19H19IN2O2. The van der Waals surface area contributed by atoms with Crippen molar-refractivity contribution in [1.29, 1.82) is 0 Å². The first-order valence-corrected chi connectivity index (χ1v) is 8.64. The molecule has 4 nitrogen and oxygen atoms in total.